The molecule has 0 fully saturated rings. The third-order valence-electron chi connectivity index (χ3n) is 3.88. The van der Waals surface area contributed by atoms with Crippen molar-refractivity contribution in [3.8, 4) is 5.75 Å². The van der Waals surface area contributed by atoms with E-state index in [1.165, 1.54) is 31.2 Å². The molecule has 0 radical (unpaired) electrons. The predicted molar refractivity (Wildman–Crippen MR) is 104 cm³/mol. The quantitative estimate of drug-likeness (QED) is 0.297. The molecule has 29 heavy (non-hydrogen) atoms. The van der Waals surface area contributed by atoms with Gasteiger partial charge in [-0.05, 0) is 43.3 Å². The van der Waals surface area contributed by atoms with Crippen molar-refractivity contribution in [2.75, 3.05) is 11.9 Å². The number of nitro benzene ring substituents is 1. The number of rotatable bonds is 9. The number of nitrogens with one attached hydrogen (secondary N) is 1. The van der Waals surface area contributed by atoms with Gasteiger partial charge in [0.15, 0.2) is 18.5 Å². The topological polar surface area (TPSA) is 125 Å². The van der Waals surface area contributed by atoms with E-state index in [1.807, 2.05) is 0 Å². The molecule has 0 saturated heterocycles. The van der Waals surface area contributed by atoms with Crippen LogP contribution >= 0.6 is 0 Å². The summed E-state index contributed by atoms with van der Waals surface area (Å²) < 4.78 is 10.3. The molecule has 9 nitrogen and oxygen atoms in total. The number of carbonyl (C=O) groups is 3. The summed E-state index contributed by atoms with van der Waals surface area (Å²) in [5.74, 6) is -0.943. The van der Waals surface area contributed by atoms with E-state index < -0.39 is 29.5 Å². The summed E-state index contributed by atoms with van der Waals surface area (Å²) >= 11 is 0. The number of anilines is 1. The van der Waals surface area contributed by atoms with Crippen LogP contribution in [0.5, 0.6) is 5.75 Å². The van der Waals surface area contributed by atoms with Gasteiger partial charge in [0.25, 0.3) is 11.6 Å². The Hall–Kier alpha value is -3.75. The fourth-order valence-corrected chi connectivity index (χ4v) is 2.28. The van der Waals surface area contributed by atoms with Crippen molar-refractivity contribution < 1.29 is 28.8 Å². The highest BCUT2D eigenvalue weighted by Gasteiger charge is 2.18. The van der Waals surface area contributed by atoms with E-state index in [0.29, 0.717) is 23.4 Å². The van der Waals surface area contributed by atoms with Gasteiger partial charge in [0.05, 0.1) is 4.92 Å². The van der Waals surface area contributed by atoms with Gasteiger partial charge < -0.3 is 14.8 Å². The fraction of sp³-hybridized carbons (Fsp3) is 0.250. The summed E-state index contributed by atoms with van der Waals surface area (Å²) in [4.78, 5) is 45.6. The summed E-state index contributed by atoms with van der Waals surface area (Å²) in [6.07, 6.45) is -0.697. The maximum atomic E-state index is 12.1. The molecule has 2 aromatic rings. The molecule has 152 valence electrons. The van der Waals surface area contributed by atoms with Crippen molar-refractivity contribution in [3.05, 3.63) is 64.2 Å². The lowest BCUT2D eigenvalue weighted by Crippen LogP contribution is -2.31. The van der Waals surface area contributed by atoms with Crippen LogP contribution in [0.4, 0.5) is 11.4 Å². The minimum Gasteiger partial charge on any atom is -0.482 e. The largest absolute Gasteiger partial charge is 0.482 e. The van der Waals surface area contributed by atoms with E-state index in [9.17, 15) is 24.5 Å². The number of carbonyl (C=O) groups excluding carboxylic acids is 3. The molecular weight excluding hydrogens is 380 g/mol. The number of esters is 1. The molecule has 2 rings (SSSR count). The Morgan fingerprint density at radius 1 is 1.07 bits per heavy atom. The Morgan fingerprint density at radius 3 is 2.24 bits per heavy atom. The van der Waals surface area contributed by atoms with Gasteiger partial charge in [-0.25, -0.2) is 4.79 Å². The Morgan fingerprint density at radius 2 is 1.69 bits per heavy atom. The number of amides is 1. The number of nitrogens with zero attached hydrogens (tertiary/aromatic N) is 1. The van der Waals surface area contributed by atoms with Crippen LogP contribution in [0.1, 0.15) is 30.6 Å². The maximum Gasteiger partial charge on any atom is 0.344 e. The predicted octanol–water partition coefficient (Wildman–Crippen LogP) is 3.14. The van der Waals surface area contributed by atoms with Crippen LogP contribution in [-0.4, -0.2) is 35.3 Å². The van der Waals surface area contributed by atoms with Crippen LogP contribution in [0.3, 0.4) is 0 Å². The molecule has 1 N–H and O–H groups in total. The average molecular weight is 400 g/mol. The molecule has 0 aliphatic rings. The molecule has 0 aliphatic carbocycles. The maximum absolute atomic E-state index is 12.1. The van der Waals surface area contributed by atoms with E-state index in [4.69, 9.17) is 9.47 Å². The van der Waals surface area contributed by atoms with Crippen molar-refractivity contribution in [2.24, 2.45) is 0 Å². The summed E-state index contributed by atoms with van der Waals surface area (Å²) in [5, 5.41) is 13.1. The fourth-order valence-electron chi connectivity index (χ4n) is 2.28. The van der Waals surface area contributed by atoms with E-state index in [0.717, 1.165) is 0 Å². The van der Waals surface area contributed by atoms with Crippen molar-refractivity contribution >= 4 is 29.0 Å². The van der Waals surface area contributed by atoms with Gasteiger partial charge in [0.1, 0.15) is 5.75 Å². The molecule has 1 atom stereocenters. The lowest BCUT2D eigenvalue weighted by atomic mass is 10.1. The smallest absolute Gasteiger partial charge is 0.344 e. The van der Waals surface area contributed by atoms with Crippen molar-refractivity contribution in [3.63, 3.8) is 0 Å². The second kappa shape index (κ2) is 9.98. The average Bonchev–Trinajstić information content (AvgIpc) is 2.72. The minimum atomic E-state index is -1.09. The first-order chi connectivity index (χ1) is 13.8. The number of Topliss-reactive ketones (excluding diaryl/α,β-unsaturated/α-hetero) is 1. The monoisotopic (exact) mass is 400 g/mol. The van der Waals surface area contributed by atoms with Crippen LogP contribution in [0, 0.1) is 10.1 Å². The second-order valence-electron chi connectivity index (χ2n) is 6.02. The van der Waals surface area contributed by atoms with E-state index in [1.54, 1.807) is 31.2 Å². The third-order valence-corrected chi connectivity index (χ3v) is 3.88. The normalized spacial score (nSPS) is 11.2. The van der Waals surface area contributed by atoms with E-state index in [2.05, 4.69) is 5.32 Å². The van der Waals surface area contributed by atoms with Crippen LogP contribution in [-0.2, 0) is 14.3 Å². The molecule has 2 aromatic carbocycles. The number of hydrogen-bond acceptors (Lipinski definition) is 7. The number of hydrogen-bond donors (Lipinski definition) is 1. The van der Waals surface area contributed by atoms with E-state index >= 15 is 0 Å². The first-order valence-corrected chi connectivity index (χ1v) is 8.81. The number of benzene rings is 2. The molecule has 1 amide bonds. The van der Waals surface area contributed by atoms with Crippen molar-refractivity contribution in [2.45, 2.75) is 26.4 Å². The van der Waals surface area contributed by atoms with Crippen LogP contribution in [0.15, 0.2) is 48.5 Å². The molecule has 9 heteroatoms. The minimum absolute atomic E-state index is 0.00354. The molecule has 0 bridgehead atoms. The first-order valence-electron chi connectivity index (χ1n) is 8.81. The molecule has 0 saturated carbocycles. The number of nitro groups is 1. The summed E-state index contributed by atoms with van der Waals surface area (Å²) in [5.41, 5.74) is 0.784. The highest BCUT2D eigenvalue weighted by molar-refractivity contribution is 5.96. The van der Waals surface area contributed by atoms with Gasteiger partial charge in [0, 0.05) is 29.8 Å². The van der Waals surface area contributed by atoms with Gasteiger partial charge in [-0.2, -0.15) is 0 Å². The van der Waals surface area contributed by atoms with Crippen LogP contribution in [0.25, 0.3) is 0 Å². The standard InChI is InChI=1S/C20H20N2O7/c1-3-18(23)14-4-10-17(11-5-14)28-12-19(24)29-13(2)20(25)21-15-6-8-16(9-7-15)22(26)27/h4-11,13H,3,12H2,1-2H3,(H,21,25). The third kappa shape index (κ3) is 6.42. The zero-order chi connectivity index (χ0) is 21.4. The summed E-state index contributed by atoms with van der Waals surface area (Å²) in [6, 6.07) is 11.6. The molecule has 0 aromatic heterocycles. The molecule has 0 spiro atoms. The lowest BCUT2D eigenvalue weighted by molar-refractivity contribution is -0.384. The molecular formula is C20H20N2O7. The van der Waals surface area contributed by atoms with Crippen LogP contribution in [0.2, 0.25) is 0 Å². The van der Waals surface area contributed by atoms with Gasteiger partial charge in [0.2, 0.25) is 0 Å². The zero-order valence-electron chi connectivity index (χ0n) is 15.9. The van der Waals surface area contributed by atoms with E-state index in [-0.39, 0.29) is 11.5 Å². The van der Waals surface area contributed by atoms with Crippen molar-refractivity contribution in [1.29, 1.82) is 0 Å². The van der Waals surface area contributed by atoms with Crippen molar-refractivity contribution in [1.82, 2.24) is 0 Å². The number of non-ortho nitro benzene ring substituents is 1. The molecule has 0 aliphatic heterocycles. The highest BCUT2D eigenvalue weighted by atomic mass is 16.6. The molecule has 1 unspecified atom stereocenters. The van der Waals surface area contributed by atoms with Gasteiger partial charge in [-0.15, -0.1) is 0 Å². The Kier molecular flexibility index (Phi) is 7.41. The first kappa shape index (κ1) is 21.5. The molecule has 0 heterocycles. The SMILES string of the molecule is CCC(=O)c1ccc(OCC(=O)OC(C)C(=O)Nc2ccc([N+](=O)[O-])cc2)cc1. The lowest BCUT2D eigenvalue weighted by Gasteiger charge is -2.14. The summed E-state index contributed by atoms with van der Waals surface area (Å²) in [6.45, 7) is 2.75. The van der Waals surface area contributed by atoms with Crippen LogP contribution < -0.4 is 10.1 Å². The Balaban J connectivity index is 1.81. The summed E-state index contributed by atoms with van der Waals surface area (Å²) in [7, 11) is 0. The number of ketones is 1. The highest BCUT2D eigenvalue weighted by Crippen LogP contribution is 2.16. The Labute approximate surface area is 166 Å². The number of ether oxygens (including phenoxy) is 2. The second-order valence-corrected chi connectivity index (χ2v) is 6.02. The van der Waals surface area contributed by atoms with Gasteiger partial charge in [-0.3, -0.25) is 19.7 Å². The van der Waals surface area contributed by atoms with Gasteiger partial charge in [-0.1, -0.05) is 6.92 Å². The Bertz CT molecular complexity index is 892. The zero-order valence-corrected chi connectivity index (χ0v) is 15.9. The van der Waals surface area contributed by atoms with Gasteiger partial charge >= 0.3 is 5.97 Å².